The molecule has 0 aliphatic rings. The fraction of sp³-hybridized carbons (Fsp3) is 0.167. The first-order chi connectivity index (χ1) is 15.5. The number of carbonyl (C=O) groups excluding carboxylic acids is 2. The zero-order valence-corrected chi connectivity index (χ0v) is 17.8. The minimum absolute atomic E-state index is 0.162. The van der Waals surface area contributed by atoms with E-state index in [9.17, 15) is 14.0 Å². The van der Waals surface area contributed by atoms with E-state index < -0.39 is 17.8 Å². The third-order valence-corrected chi connectivity index (χ3v) is 4.30. The number of nitrogens with one attached hydrogen (secondary N) is 3. The summed E-state index contributed by atoms with van der Waals surface area (Å²) in [5, 5.41) is 8.20. The molecule has 0 bridgehead atoms. The van der Waals surface area contributed by atoms with Gasteiger partial charge in [0.25, 0.3) is 5.91 Å². The van der Waals surface area contributed by atoms with Crippen LogP contribution in [0.15, 0.2) is 66.7 Å². The summed E-state index contributed by atoms with van der Waals surface area (Å²) in [5.74, 6) is -0.346. The second-order valence-corrected chi connectivity index (χ2v) is 6.62. The van der Waals surface area contributed by atoms with Gasteiger partial charge in [-0.1, -0.05) is 24.3 Å². The van der Waals surface area contributed by atoms with E-state index >= 15 is 0 Å². The van der Waals surface area contributed by atoms with Crippen LogP contribution >= 0.6 is 0 Å². The van der Waals surface area contributed by atoms with Gasteiger partial charge in [-0.3, -0.25) is 4.79 Å². The lowest BCUT2D eigenvalue weighted by Gasteiger charge is -2.18. The van der Waals surface area contributed by atoms with Crippen LogP contribution in [0.25, 0.3) is 0 Å². The lowest BCUT2D eigenvalue weighted by Crippen LogP contribution is -2.20. The molecule has 0 atom stereocenters. The van der Waals surface area contributed by atoms with Crippen molar-refractivity contribution < 1.29 is 23.5 Å². The van der Waals surface area contributed by atoms with Gasteiger partial charge in [-0.05, 0) is 44.2 Å². The molecule has 3 aromatic rings. The van der Waals surface area contributed by atoms with Gasteiger partial charge in [-0.2, -0.15) is 0 Å². The molecule has 0 spiro atoms. The number of anilines is 3. The van der Waals surface area contributed by atoms with Crippen molar-refractivity contribution in [1.82, 2.24) is 0 Å². The van der Waals surface area contributed by atoms with E-state index in [-0.39, 0.29) is 5.56 Å². The van der Waals surface area contributed by atoms with Crippen LogP contribution < -0.4 is 25.4 Å². The van der Waals surface area contributed by atoms with E-state index in [2.05, 4.69) is 16.0 Å². The van der Waals surface area contributed by atoms with E-state index in [1.807, 2.05) is 18.2 Å². The summed E-state index contributed by atoms with van der Waals surface area (Å²) in [7, 11) is 0. The Labute approximate surface area is 185 Å². The molecule has 0 aliphatic carbocycles. The fourth-order valence-corrected chi connectivity index (χ4v) is 2.94. The molecule has 32 heavy (non-hydrogen) atoms. The Kier molecular flexibility index (Phi) is 7.64. The Morgan fingerprint density at radius 3 is 2.00 bits per heavy atom. The highest BCUT2D eigenvalue weighted by Gasteiger charge is 2.17. The molecule has 3 amide bonds. The average Bonchev–Trinajstić information content (AvgIpc) is 2.77. The quantitative estimate of drug-likeness (QED) is 0.433. The molecule has 0 saturated heterocycles. The van der Waals surface area contributed by atoms with Crippen LogP contribution in [0.5, 0.6) is 11.5 Å². The van der Waals surface area contributed by atoms with E-state index in [4.69, 9.17) is 9.47 Å². The van der Waals surface area contributed by atoms with Gasteiger partial charge in [0, 0.05) is 23.4 Å². The van der Waals surface area contributed by atoms with Gasteiger partial charge in [0.05, 0.1) is 24.6 Å². The van der Waals surface area contributed by atoms with Gasteiger partial charge in [-0.15, -0.1) is 0 Å². The monoisotopic (exact) mass is 437 g/mol. The highest BCUT2D eigenvalue weighted by molar-refractivity contribution is 6.06. The standard InChI is InChI=1S/C24H24FN3O4/c1-3-31-21-15-20(28-24(30)26-18-11-6-5-7-12-18)22(32-4-2)14-19(21)27-23(29)16-9-8-10-17(25)13-16/h5-15H,3-4H2,1-2H3,(H,27,29)(H2,26,28,30). The minimum atomic E-state index is -0.512. The van der Waals surface area contributed by atoms with Crippen LogP contribution in [-0.4, -0.2) is 25.2 Å². The number of rotatable bonds is 8. The van der Waals surface area contributed by atoms with Crippen LogP contribution in [-0.2, 0) is 0 Å². The predicted octanol–water partition coefficient (Wildman–Crippen LogP) is 5.52. The third kappa shape index (κ3) is 5.98. The number of ether oxygens (including phenoxy) is 2. The molecule has 166 valence electrons. The molecule has 0 heterocycles. The molecule has 0 fully saturated rings. The molecule has 3 N–H and O–H groups in total. The van der Waals surface area contributed by atoms with Crippen molar-refractivity contribution >= 4 is 29.0 Å². The third-order valence-electron chi connectivity index (χ3n) is 4.30. The number of urea groups is 1. The number of halogens is 1. The van der Waals surface area contributed by atoms with Crippen LogP contribution in [0.2, 0.25) is 0 Å². The van der Waals surface area contributed by atoms with Crippen molar-refractivity contribution in [1.29, 1.82) is 0 Å². The molecule has 8 heteroatoms. The first-order valence-corrected chi connectivity index (χ1v) is 10.1. The molecule has 0 radical (unpaired) electrons. The first-order valence-electron chi connectivity index (χ1n) is 10.1. The highest BCUT2D eigenvalue weighted by atomic mass is 19.1. The maximum atomic E-state index is 13.5. The number of hydrogen-bond acceptors (Lipinski definition) is 4. The van der Waals surface area contributed by atoms with Crippen LogP contribution in [0, 0.1) is 5.82 Å². The summed E-state index contributed by atoms with van der Waals surface area (Å²) in [4.78, 5) is 25.1. The summed E-state index contributed by atoms with van der Waals surface area (Å²) >= 11 is 0. The van der Waals surface area contributed by atoms with E-state index in [1.165, 1.54) is 18.2 Å². The zero-order valence-electron chi connectivity index (χ0n) is 17.8. The Hall–Kier alpha value is -4.07. The maximum Gasteiger partial charge on any atom is 0.323 e. The van der Waals surface area contributed by atoms with Crippen molar-refractivity contribution in [2.24, 2.45) is 0 Å². The van der Waals surface area contributed by atoms with Crippen molar-refractivity contribution in [2.45, 2.75) is 13.8 Å². The second-order valence-electron chi connectivity index (χ2n) is 6.62. The van der Waals surface area contributed by atoms with E-state index in [1.54, 1.807) is 38.1 Å². The molecule has 0 aliphatic heterocycles. The van der Waals surface area contributed by atoms with E-state index in [0.29, 0.717) is 41.8 Å². The van der Waals surface area contributed by atoms with E-state index in [0.717, 1.165) is 6.07 Å². The zero-order chi connectivity index (χ0) is 22.9. The normalized spacial score (nSPS) is 10.2. The summed E-state index contributed by atoms with van der Waals surface area (Å²) in [5.41, 5.74) is 1.49. The Bertz CT molecular complexity index is 1090. The van der Waals surface area contributed by atoms with Gasteiger partial charge in [0.15, 0.2) is 0 Å². The summed E-state index contributed by atoms with van der Waals surface area (Å²) in [6.45, 7) is 4.26. The van der Waals surface area contributed by atoms with Gasteiger partial charge >= 0.3 is 6.03 Å². The number of carbonyl (C=O) groups is 2. The molecule has 0 unspecified atom stereocenters. The second kappa shape index (κ2) is 10.8. The van der Waals surface area contributed by atoms with Gasteiger partial charge in [0.2, 0.25) is 0 Å². The highest BCUT2D eigenvalue weighted by Crippen LogP contribution is 2.37. The predicted molar refractivity (Wildman–Crippen MR) is 122 cm³/mol. The van der Waals surface area contributed by atoms with Crippen LogP contribution in [0.1, 0.15) is 24.2 Å². The lowest BCUT2D eigenvalue weighted by molar-refractivity contribution is 0.102. The maximum absolute atomic E-state index is 13.5. The van der Waals surface area contributed by atoms with Gasteiger partial charge < -0.3 is 25.4 Å². The largest absolute Gasteiger partial charge is 0.492 e. The Balaban J connectivity index is 1.87. The minimum Gasteiger partial charge on any atom is -0.492 e. The van der Waals surface area contributed by atoms with Crippen molar-refractivity contribution in [3.8, 4) is 11.5 Å². The number of amides is 3. The number of hydrogen-bond donors (Lipinski definition) is 3. The van der Waals surface area contributed by atoms with Crippen LogP contribution in [0.3, 0.4) is 0 Å². The smallest absolute Gasteiger partial charge is 0.323 e. The van der Waals surface area contributed by atoms with Gasteiger partial charge in [0.1, 0.15) is 17.3 Å². The summed E-state index contributed by atoms with van der Waals surface area (Å²) < 4.78 is 24.8. The molecular formula is C24H24FN3O4. The summed E-state index contributed by atoms with van der Waals surface area (Å²) in [6, 6.07) is 17.0. The molecule has 3 rings (SSSR count). The molecule has 0 saturated carbocycles. The topological polar surface area (TPSA) is 88.7 Å². The molecule has 7 nitrogen and oxygen atoms in total. The lowest BCUT2D eigenvalue weighted by atomic mass is 10.2. The number of para-hydroxylation sites is 1. The Morgan fingerprint density at radius 2 is 1.41 bits per heavy atom. The fourth-order valence-electron chi connectivity index (χ4n) is 2.94. The molecular weight excluding hydrogens is 413 g/mol. The van der Waals surface area contributed by atoms with Crippen LogP contribution in [0.4, 0.5) is 26.2 Å². The Morgan fingerprint density at radius 1 is 0.781 bits per heavy atom. The summed E-state index contributed by atoms with van der Waals surface area (Å²) in [6.07, 6.45) is 0. The number of benzene rings is 3. The van der Waals surface area contributed by atoms with Gasteiger partial charge in [-0.25, -0.2) is 9.18 Å². The molecule has 0 aromatic heterocycles. The SMILES string of the molecule is CCOc1cc(NC(=O)c2cccc(F)c2)c(OCC)cc1NC(=O)Nc1ccccc1. The van der Waals surface area contributed by atoms with Crippen molar-refractivity contribution in [3.05, 3.63) is 78.1 Å². The average molecular weight is 437 g/mol. The van der Waals surface area contributed by atoms with Crippen molar-refractivity contribution in [3.63, 3.8) is 0 Å². The molecule has 3 aromatic carbocycles. The first kappa shape index (κ1) is 22.6. The van der Waals surface area contributed by atoms with Crippen molar-refractivity contribution in [2.75, 3.05) is 29.2 Å².